The Kier molecular flexibility index (Phi) is 26.3. The Balaban J connectivity index is 0.000000941. The van der Waals surface area contributed by atoms with E-state index >= 15 is 0 Å². The first-order valence-electron chi connectivity index (χ1n) is 14.6. The molecule has 0 amide bonds. The average Bonchev–Trinajstić information content (AvgIpc) is 3.26. The maximum Gasteiger partial charge on any atom is 1.00 e. The van der Waals surface area contributed by atoms with Gasteiger partial charge < -0.3 is 0 Å². The molecule has 1 fully saturated rings. The van der Waals surface area contributed by atoms with Crippen molar-refractivity contribution in [3.05, 3.63) is 146 Å². The Morgan fingerprint density at radius 3 is 0.804 bits per heavy atom. The van der Waals surface area contributed by atoms with Crippen molar-refractivity contribution in [3.8, 4) is 0 Å². The molecule has 0 heterocycles. The fourth-order valence-electron chi connectivity index (χ4n) is 5.70. The second-order valence-corrected chi connectivity index (χ2v) is 28.2. The fraction of sp³-hybridized carbons (Fsp3) is 0.263. The number of hydrogen-bond donors (Lipinski definition) is 0. The van der Waals surface area contributed by atoms with E-state index in [1.807, 2.05) is 0 Å². The smallest absolute Gasteiger partial charge is 1.00 e. The zero-order valence-electron chi connectivity index (χ0n) is 26.8. The molecular formula is C38H42I2O2P2RhRu+. The first-order chi connectivity index (χ1) is 21.8. The summed E-state index contributed by atoms with van der Waals surface area (Å²) < 4.78 is 15.0. The normalized spacial score (nSPS) is 19.3. The number of rotatable bonds is 6. The van der Waals surface area contributed by atoms with Gasteiger partial charge in [0, 0.05) is 0 Å². The molecule has 4 aromatic rings. The van der Waals surface area contributed by atoms with Crippen LogP contribution in [0.1, 0.15) is 34.6 Å². The first kappa shape index (κ1) is 45.7. The predicted molar refractivity (Wildman–Crippen MR) is 209 cm³/mol. The van der Waals surface area contributed by atoms with E-state index in [0.29, 0.717) is 0 Å². The molecule has 8 heteroatoms. The van der Waals surface area contributed by atoms with E-state index in [1.165, 1.54) is 26.3 Å². The predicted octanol–water partition coefficient (Wildman–Crippen LogP) is 10.6. The standard InChI is InChI=1S/C26H22P2.C10H20.2CO.2HI.Rh.Ru/c1-22(27(23-14-6-2-7-15-23)24-16-8-3-9-17-24)28(25-18-10-4-11-19-25)26-20-12-5-13-21-26;1-6-7(2)9(4)10(5)8(6)3;2*1-2;;;;/h2-21H,1H2;6-10H,1-5H3;;;2*1H;;/q;;;;;;+2;+1/p-2. The van der Waals surface area contributed by atoms with Crippen molar-refractivity contribution < 1.29 is 38.9 Å². The van der Waals surface area contributed by atoms with Gasteiger partial charge in [-0.25, -0.2) is 0 Å². The summed E-state index contributed by atoms with van der Waals surface area (Å²) in [4.78, 5) is 0. The van der Waals surface area contributed by atoms with E-state index < -0.39 is 15.8 Å². The summed E-state index contributed by atoms with van der Waals surface area (Å²) in [6.07, 6.45) is 0. The number of hydrogen-bond acceptors (Lipinski definition) is 0. The van der Waals surface area contributed by atoms with Gasteiger partial charge in [0.25, 0.3) is 0 Å². The largest absolute Gasteiger partial charge is 1.00 e. The average molecular weight is 1050 g/mol. The maximum atomic E-state index is 7.50. The van der Waals surface area contributed by atoms with Gasteiger partial charge in [0.15, 0.2) is 0 Å². The molecule has 1 radical (unpaired) electrons. The molecule has 1 aliphatic carbocycles. The van der Waals surface area contributed by atoms with Crippen LogP contribution in [0, 0.1) is 42.9 Å². The molecule has 246 valence electrons. The maximum absolute atomic E-state index is 7.50. The Morgan fingerprint density at radius 2 is 0.652 bits per heavy atom. The third-order valence-electron chi connectivity index (χ3n) is 8.72. The van der Waals surface area contributed by atoms with Gasteiger partial charge in [0.05, 0.1) is 0 Å². The van der Waals surface area contributed by atoms with Crippen LogP contribution in [0.15, 0.2) is 133 Å². The molecule has 4 aromatic carbocycles. The second-order valence-electron chi connectivity index (χ2n) is 10.8. The van der Waals surface area contributed by atoms with Crippen molar-refractivity contribution in [1.82, 2.24) is 0 Å². The van der Waals surface area contributed by atoms with E-state index in [4.69, 9.17) is 15.9 Å². The number of halogens is 2. The van der Waals surface area contributed by atoms with Gasteiger partial charge in [-0.15, -0.1) is 0 Å². The van der Waals surface area contributed by atoms with Crippen molar-refractivity contribution in [2.24, 2.45) is 29.6 Å². The quantitative estimate of drug-likeness (QED) is 0.0607. The summed E-state index contributed by atoms with van der Waals surface area (Å²) in [5.74, 6) is 4.68. The van der Waals surface area contributed by atoms with Crippen LogP contribution >= 0.6 is 55.3 Å². The van der Waals surface area contributed by atoms with Gasteiger partial charge in [-0.1, -0.05) is 163 Å². The molecule has 0 aromatic heterocycles. The second kappa shape index (κ2) is 26.5. The van der Waals surface area contributed by atoms with Gasteiger partial charge in [0.1, 0.15) is 0 Å². The summed E-state index contributed by atoms with van der Waals surface area (Å²) in [7, 11) is -0.559. The molecule has 0 atom stereocenters. The van der Waals surface area contributed by atoms with E-state index in [2.05, 4.69) is 209 Å². The van der Waals surface area contributed by atoms with E-state index in [-0.39, 0.29) is 19.5 Å². The van der Waals surface area contributed by atoms with Crippen LogP contribution in [-0.4, -0.2) is 0 Å². The molecule has 1 saturated carbocycles. The third kappa shape index (κ3) is 13.9. The Hall–Kier alpha value is -0.333. The van der Waals surface area contributed by atoms with Crippen molar-refractivity contribution in [3.63, 3.8) is 0 Å². The monoisotopic (exact) mass is 1050 g/mol. The molecule has 0 saturated heterocycles. The zero-order chi connectivity index (χ0) is 33.8. The van der Waals surface area contributed by atoms with Crippen LogP contribution in [0.4, 0.5) is 0 Å². The fourth-order valence-corrected chi connectivity index (χ4v) is 11.6. The first-order valence-corrected chi connectivity index (χ1v) is 27.0. The summed E-state index contributed by atoms with van der Waals surface area (Å²) in [5.41, 5.74) is 0. The topological polar surface area (TPSA) is 39.8 Å². The minimum absolute atomic E-state index is 0. The summed E-state index contributed by atoms with van der Waals surface area (Å²) in [5, 5.41) is 6.74. The minimum atomic E-state index is -0.664. The molecule has 0 bridgehead atoms. The molecule has 0 N–H and O–H groups in total. The summed E-state index contributed by atoms with van der Waals surface area (Å²) in [6, 6.07) is 43.4. The third-order valence-corrected chi connectivity index (χ3v) is 14.2. The van der Waals surface area contributed by atoms with Crippen LogP contribution in [0.3, 0.4) is 0 Å². The van der Waals surface area contributed by atoms with Gasteiger partial charge in [-0.05, 0) is 71.7 Å². The summed E-state index contributed by atoms with van der Waals surface area (Å²) >= 11 is 4.69. The molecule has 0 unspecified atom stereocenters. The summed E-state index contributed by atoms with van der Waals surface area (Å²) in [6.45, 7) is 25.7. The molecule has 5 rings (SSSR count). The van der Waals surface area contributed by atoms with Crippen LogP contribution in [-0.2, 0) is 38.9 Å². The molecule has 0 spiro atoms. The molecule has 1 aliphatic rings. The van der Waals surface area contributed by atoms with Crippen molar-refractivity contribution in [1.29, 1.82) is 0 Å². The van der Waals surface area contributed by atoms with Crippen LogP contribution in [0.25, 0.3) is 0 Å². The Morgan fingerprint density at radius 1 is 0.500 bits per heavy atom. The molecule has 0 aliphatic heterocycles. The van der Waals surface area contributed by atoms with Crippen LogP contribution in [0.5, 0.6) is 0 Å². The molecule has 46 heavy (non-hydrogen) atoms. The molecular weight excluding hydrogens is 1010 g/mol. The Bertz CT molecular complexity index is 1180. The van der Waals surface area contributed by atoms with Crippen LogP contribution < -0.4 is 21.2 Å². The Labute approximate surface area is 322 Å². The van der Waals surface area contributed by atoms with E-state index in [1.54, 1.807) is 0 Å². The van der Waals surface area contributed by atoms with Crippen molar-refractivity contribution in [2.75, 3.05) is 0 Å². The van der Waals surface area contributed by atoms with Gasteiger partial charge in [0.2, 0.25) is 0 Å². The van der Waals surface area contributed by atoms with Gasteiger partial charge in [-0.3, -0.25) is 0 Å². The van der Waals surface area contributed by atoms with E-state index in [9.17, 15) is 0 Å². The van der Waals surface area contributed by atoms with Gasteiger partial charge >= 0.3 is 91.7 Å². The van der Waals surface area contributed by atoms with Crippen LogP contribution in [0.2, 0.25) is 0 Å². The van der Waals surface area contributed by atoms with Crippen molar-refractivity contribution in [2.45, 2.75) is 34.6 Å². The SMILES string of the molecule is C=C(P(c1ccccc1)c1ccccc1)P(c1ccccc1)c1ccccc1.CC1C(C)C(C)C(C)C1C.[C-]#[O+].[C-]#[O+].[I][Rh][I].[Ru+]. The minimum Gasteiger partial charge on any atom is 1.00 e. The number of benzene rings is 4. The van der Waals surface area contributed by atoms with Crippen molar-refractivity contribution >= 4 is 76.6 Å². The van der Waals surface area contributed by atoms with E-state index in [0.717, 1.165) is 39.7 Å². The molecule has 2 nitrogen and oxygen atoms in total. The van der Waals surface area contributed by atoms with Gasteiger partial charge in [-0.2, -0.15) is 0 Å². The zero-order valence-corrected chi connectivity index (χ0v) is 36.3.